The summed E-state index contributed by atoms with van der Waals surface area (Å²) in [6, 6.07) is 0. The number of aryl methyl sites for hydroxylation is 1. The van der Waals surface area contributed by atoms with Gasteiger partial charge in [0.25, 0.3) is 0 Å². The topological polar surface area (TPSA) is 143 Å². The first-order valence-corrected chi connectivity index (χ1v) is 10.5. The molecule has 1 amide bonds. The fourth-order valence-electron chi connectivity index (χ4n) is 2.98. The van der Waals surface area contributed by atoms with Gasteiger partial charge in [0, 0.05) is 18.5 Å². The van der Waals surface area contributed by atoms with Gasteiger partial charge < -0.3 is 25.1 Å². The number of pyridine rings is 1. The average Bonchev–Trinajstić information content (AvgIpc) is 3.28. The normalized spacial score (nSPS) is 12.2. The van der Waals surface area contributed by atoms with E-state index in [4.69, 9.17) is 31.4 Å². The summed E-state index contributed by atoms with van der Waals surface area (Å²) >= 11 is 6.31. The lowest BCUT2D eigenvalue weighted by Crippen LogP contribution is -2.40. The van der Waals surface area contributed by atoms with E-state index in [0.29, 0.717) is 48.0 Å². The summed E-state index contributed by atoms with van der Waals surface area (Å²) in [6.45, 7) is 12.5. The third-order valence-electron chi connectivity index (χ3n) is 4.46. The van der Waals surface area contributed by atoms with Gasteiger partial charge in [0.1, 0.15) is 16.6 Å². The van der Waals surface area contributed by atoms with Crippen molar-refractivity contribution in [3.8, 4) is 17.3 Å². The zero-order valence-corrected chi connectivity index (χ0v) is 19.8. The van der Waals surface area contributed by atoms with E-state index in [2.05, 4.69) is 25.6 Å². The van der Waals surface area contributed by atoms with E-state index in [1.165, 1.54) is 0 Å². The number of rotatable bonds is 7. The summed E-state index contributed by atoms with van der Waals surface area (Å²) in [6.07, 6.45) is 1.07. The summed E-state index contributed by atoms with van der Waals surface area (Å²) in [7, 11) is 0. The highest BCUT2D eigenvalue weighted by atomic mass is 35.5. The Morgan fingerprint density at radius 2 is 2.00 bits per heavy atom. The van der Waals surface area contributed by atoms with E-state index in [0.717, 1.165) is 0 Å². The molecule has 0 unspecified atom stereocenters. The highest BCUT2D eigenvalue weighted by molar-refractivity contribution is 6.34. The number of aromatic nitrogens is 5. The van der Waals surface area contributed by atoms with Gasteiger partial charge in [-0.25, -0.2) is 19.4 Å². The number of nitrogens with one attached hydrogen (secondary N) is 1. The molecule has 0 saturated carbocycles. The van der Waals surface area contributed by atoms with Crippen molar-refractivity contribution >= 4 is 34.5 Å². The van der Waals surface area contributed by atoms with Crippen LogP contribution in [0.25, 0.3) is 22.6 Å². The molecule has 12 heteroatoms. The van der Waals surface area contributed by atoms with Crippen LogP contribution in [0, 0.1) is 5.41 Å². The minimum Gasteiger partial charge on any atom is -0.489 e. The molecule has 0 spiro atoms. The number of nitrogen functional groups attached to an aromatic ring is 1. The van der Waals surface area contributed by atoms with Gasteiger partial charge in [0.15, 0.2) is 28.2 Å². The number of anilines is 1. The van der Waals surface area contributed by atoms with E-state index >= 15 is 0 Å². The van der Waals surface area contributed by atoms with Crippen molar-refractivity contribution in [2.75, 3.05) is 18.9 Å². The number of nitrogens with two attached hydrogens (primary N) is 1. The van der Waals surface area contributed by atoms with Crippen LogP contribution in [-0.4, -0.2) is 49.7 Å². The average molecular weight is 466 g/mol. The maximum Gasteiger partial charge on any atom is 0.407 e. The van der Waals surface area contributed by atoms with Crippen LogP contribution >= 0.6 is 11.6 Å². The van der Waals surface area contributed by atoms with E-state index in [-0.39, 0.29) is 11.0 Å². The number of fused-ring (bicyclic) bond motifs is 1. The second kappa shape index (κ2) is 8.81. The number of hydrogen-bond donors (Lipinski definition) is 2. The fourth-order valence-corrected chi connectivity index (χ4v) is 3.16. The first kappa shape index (κ1) is 23.6. The van der Waals surface area contributed by atoms with Crippen LogP contribution in [0.3, 0.4) is 0 Å². The van der Waals surface area contributed by atoms with Gasteiger partial charge in [-0.2, -0.15) is 0 Å². The Hall–Kier alpha value is -3.08. The van der Waals surface area contributed by atoms with Crippen molar-refractivity contribution in [3.05, 3.63) is 11.3 Å². The maximum absolute atomic E-state index is 12.0. The molecule has 3 rings (SSSR count). The monoisotopic (exact) mass is 465 g/mol. The zero-order valence-electron chi connectivity index (χ0n) is 19.0. The molecular weight excluding hydrogens is 438 g/mol. The lowest BCUT2D eigenvalue weighted by atomic mass is 9.95. The Bertz CT molecular complexity index is 1120. The van der Waals surface area contributed by atoms with Gasteiger partial charge in [-0.05, 0) is 38.0 Å². The molecule has 3 heterocycles. The number of carbonyl (C=O) groups excluding carboxylic acids is 1. The second-order valence-corrected chi connectivity index (χ2v) is 9.45. The van der Waals surface area contributed by atoms with Crippen LogP contribution < -0.4 is 15.8 Å². The SMILES string of the molecule is CCn1c(-c2nonc2N)nc2c(Cl)ncc(OCC(C)(C)CNC(=O)OC(C)(C)C)c21. The van der Waals surface area contributed by atoms with Crippen molar-refractivity contribution in [1.29, 1.82) is 0 Å². The second-order valence-electron chi connectivity index (χ2n) is 9.10. The Kier molecular flexibility index (Phi) is 6.49. The standard InChI is InChI=1S/C20H28ClN7O4/c1-7-28-14-11(30-10-20(5,6)9-24-18(29)31-19(2,3)4)8-23-15(21)12(14)25-17(28)13-16(22)27-32-26-13/h8H,7,9-10H2,1-6H3,(H2,22,27)(H,24,29). The lowest BCUT2D eigenvalue weighted by molar-refractivity contribution is 0.0493. The Labute approximate surface area is 190 Å². The molecule has 0 atom stereocenters. The van der Waals surface area contributed by atoms with Crippen molar-refractivity contribution in [1.82, 2.24) is 30.2 Å². The predicted molar refractivity (Wildman–Crippen MR) is 119 cm³/mol. The summed E-state index contributed by atoms with van der Waals surface area (Å²) in [5.74, 6) is 1.06. The summed E-state index contributed by atoms with van der Waals surface area (Å²) in [5, 5.41) is 10.5. The predicted octanol–water partition coefficient (Wildman–Crippen LogP) is 3.67. The van der Waals surface area contributed by atoms with Gasteiger partial charge in [-0.1, -0.05) is 25.4 Å². The maximum atomic E-state index is 12.0. The molecule has 3 aromatic heterocycles. The van der Waals surface area contributed by atoms with Crippen LogP contribution in [0.5, 0.6) is 5.75 Å². The number of imidazole rings is 1. The number of alkyl carbamates (subject to hydrolysis) is 1. The van der Waals surface area contributed by atoms with Crippen molar-refractivity contribution in [3.63, 3.8) is 0 Å². The van der Waals surface area contributed by atoms with Crippen molar-refractivity contribution < 1.29 is 18.9 Å². The Balaban J connectivity index is 1.83. The fraction of sp³-hybridized carbons (Fsp3) is 0.550. The first-order chi connectivity index (χ1) is 14.9. The van der Waals surface area contributed by atoms with Gasteiger partial charge in [0.2, 0.25) is 0 Å². The number of carbonyl (C=O) groups is 1. The zero-order chi connectivity index (χ0) is 23.7. The van der Waals surface area contributed by atoms with E-state index in [1.807, 2.05) is 46.1 Å². The Morgan fingerprint density at radius 1 is 1.28 bits per heavy atom. The number of ether oxygens (including phenoxy) is 2. The van der Waals surface area contributed by atoms with Crippen LogP contribution in [0.1, 0.15) is 41.5 Å². The number of hydrogen-bond acceptors (Lipinski definition) is 9. The van der Waals surface area contributed by atoms with Crippen molar-refractivity contribution in [2.24, 2.45) is 5.41 Å². The molecule has 3 N–H and O–H groups in total. The molecular formula is C20H28ClN7O4. The van der Waals surface area contributed by atoms with Crippen LogP contribution in [0.4, 0.5) is 10.6 Å². The Morgan fingerprint density at radius 3 is 2.59 bits per heavy atom. The van der Waals surface area contributed by atoms with Crippen LogP contribution in [-0.2, 0) is 11.3 Å². The van der Waals surface area contributed by atoms with Gasteiger partial charge >= 0.3 is 6.09 Å². The molecule has 0 bridgehead atoms. The molecule has 174 valence electrons. The molecule has 0 aromatic carbocycles. The van der Waals surface area contributed by atoms with Crippen LogP contribution in [0.15, 0.2) is 10.8 Å². The molecule has 0 aliphatic rings. The number of nitrogens with zero attached hydrogens (tertiary/aromatic N) is 5. The third kappa shape index (κ3) is 5.21. The highest BCUT2D eigenvalue weighted by Crippen LogP contribution is 2.35. The third-order valence-corrected chi connectivity index (χ3v) is 4.74. The first-order valence-electron chi connectivity index (χ1n) is 10.1. The summed E-state index contributed by atoms with van der Waals surface area (Å²) in [4.78, 5) is 20.7. The minimum absolute atomic E-state index is 0.121. The number of amides is 1. The van der Waals surface area contributed by atoms with E-state index in [9.17, 15) is 4.79 Å². The lowest BCUT2D eigenvalue weighted by Gasteiger charge is -2.26. The number of halogens is 1. The van der Waals surface area contributed by atoms with Crippen LogP contribution in [0.2, 0.25) is 5.15 Å². The van der Waals surface area contributed by atoms with E-state index < -0.39 is 17.1 Å². The highest BCUT2D eigenvalue weighted by Gasteiger charge is 2.26. The largest absolute Gasteiger partial charge is 0.489 e. The molecule has 0 aliphatic heterocycles. The van der Waals surface area contributed by atoms with Gasteiger partial charge in [-0.3, -0.25) is 0 Å². The molecule has 0 aliphatic carbocycles. The molecule has 11 nitrogen and oxygen atoms in total. The molecule has 0 radical (unpaired) electrons. The molecule has 3 aromatic rings. The minimum atomic E-state index is -0.565. The molecule has 0 fully saturated rings. The van der Waals surface area contributed by atoms with E-state index in [1.54, 1.807) is 6.20 Å². The summed E-state index contributed by atoms with van der Waals surface area (Å²) < 4.78 is 18.0. The summed E-state index contributed by atoms with van der Waals surface area (Å²) in [5.41, 5.74) is 6.31. The molecule has 0 saturated heterocycles. The van der Waals surface area contributed by atoms with Gasteiger partial charge in [0.05, 0.1) is 12.8 Å². The smallest absolute Gasteiger partial charge is 0.407 e. The van der Waals surface area contributed by atoms with Gasteiger partial charge in [-0.15, -0.1) is 0 Å². The molecule has 32 heavy (non-hydrogen) atoms. The quantitative estimate of drug-likeness (QED) is 0.499. The van der Waals surface area contributed by atoms with Crippen molar-refractivity contribution in [2.45, 2.75) is 53.7 Å².